The molecule has 0 aliphatic rings. The van der Waals surface area contributed by atoms with E-state index in [9.17, 15) is 8.78 Å². The minimum absolute atomic E-state index is 0.313. The van der Waals surface area contributed by atoms with Crippen molar-refractivity contribution in [1.82, 2.24) is 10.6 Å². The van der Waals surface area contributed by atoms with Crippen molar-refractivity contribution in [3.05, 3.63) is 35.4 Å². The molecule has 0 radical (unpaired) electrons. The van der Waals surface area contributed by atoms with E-state index in [0.717, 1.165) is 12.1 Å². The van der Waals surface area contributed by atoms with Crippen LogP contribution in [-0.4, -0.2) is 38.8 Å². The van der Waals surface area contributed by atoms with Crippen molar-refractivity contribution in [3.8, 4) is 0 Å². The van der Waals surface area contributed by atoms with Crippen LogP contribution in [0.1, 0.15) is 19.4 Å². The fourth-order valence-electron chi connectivity index (χ4n) is 1.64. The predicted molar refractivity (Wildman–Crippen MR) is 80.5 cm³/mol. The number of halogens is 2. The smallest absolute Gasteiger partial charge is 0.191 e. The highest BCUT2D eigenvalue weighted by Gasteiger charge is 2.16. The maximum atomic E-state index is 13.5. The number of hydrogen-bond acceptors (Lipinski definition) is 2. The van der Waals surface area contributed by atoms with Gasteiger partial charge >= 0.3 is 0 Å². The fourth-order valence-corrected chi connectivity index (χ4v) is 1.64. The SMILES string of the molecule is CN=C(NCCc1cc(F)ccc1F)NCC(C)(C)OC. The fraction of sp³-hybridized carbons (Fsp3) is 0.533. The third-order valence-electron chi connectivity index (χ3n) is 3.15. The number of guanidine groups is 1. The molecule has 0 saturated heterocycles. The standard InChI is InChI=1S/C15H23F2N3O/c1-15(2,21-4)10-20-14(18-3)19-8-7-11-9-12(16)5-6-13(11)17/h5-6,9H,7-8,10H2,1-4H3,(H2,18,19,20). The third-order valence-corrected chi connectivity index (χ3v) is 3.15. The van der Waals surface area contributed by atoms with Gasteiger partial charge in [-0.2, -0.15) is 0 Å². The second-order valence-electron chi connectivity index (χ2n) is 5.30. The van der Waals surface area contributed by atoms with Crippen molar-refractivity contribution in [3.63, 3.8) is 0 Å². The summed E-state index contributed by atoms with van der Waals surface area (Å²) < 4.78 is 31.8. The Balaban J connectivity index is 2.44. The Morgan fingerprint density at radius 3 is 2.62 bits per heavy atom. The zero-order valence-corrected chi connectivity index (χ0v) is 13.0. The molecule has 0 aliphatic carbocycles. The van der Waals surface area contributed by atoms with Crippen molar-refractivity contribution in [2.45, 2.75) is 25.9 Å². The Labute approximate surface area is 124 Å². The van der Waals surface area contributed by atoms with Crippen molar-refractivity contribution >= 4 is 5.96 Å². The molecule has 0 atom stereocenters. The van der Waals surface area contributed by atoms with Gasteiger partial charge in [0.2, 0.25) is 0 Å². The molecule has 1 aromatic rings. The van der Waals surface area contributed by atoms with E-state index in [0.29, 0.717) is 31.0 Å². The van der Waals surface area contributed by atoms with Crippen LogP contribution in [0.25, 0.3) is 0 Å². The summed E-state index contributed by atoms with van der Waals surface area (Å²) in [6.45, 7) is 4.94. The quantitative estimate of drug-likeness (QED) is 0.624. The summed E-state index contributed by atoms with van der Waals surface area (Å²) in [5.41, 5.74) is 0.0295. The van der Waals surface area contributed by atoms with E-state index >= 15 is 0 Å². The minimum atomic E-state index is -0.434. The lowest BCUT2D eigenvalue weighted by molar-refractivity contribution is 0.0268. The summed E-state index contributed by atoms with van der Waals surface area (Å²) in [6.07, 6.45) is 0.373. The summed E-state index contributed by atoms with van der Waals surface area (Å²) in [7, 11) is 3.29. The largest absolute Gasteiger partial charge is 0.377 e. The van der Waals surface area contributed by atoms with Crippen molar-refractivity contribution in [2.24, 2.45) is 4.99 Å². The van der Waals surface area contributed by atoms with Gasteiger partial charge in [0.1, 0.15) is 11.6 Å². The Kier molecular flexibility index (Phi) is 6.55. The highest BCUT2D eigenvalue weighted by Crippen LogP contribution is 2.09. The van der Waals surface area contributed by atoms with Gasteiger partial charge in [-0.25, -0.2) is 8.78 Å². The molecule has 0 bridgehead atoms. The highest BCUT2D eigenvalue weighted by molar-refractivity contribution is 5.79. The van der Waals surface area contributed by atoms with Crippen molar-refractivity contribution < 1.29 is 13.5 Å². The first-order valence-electron chi connectivity index (χ1n) is 6.81. The van der Waals surface area contributed by atoms with E-state index in [1.807, 2.05) is 13.8 Å². The summed E-state index contributed by atoms with van der Waals surface area (Å²) in [4.78, 5) is 4.07. The van der Waals surface area contributed by atoms with Crippen LogP contribution in [0.3, 0.4) is 0 Å². The van der Waals surface area contributed by atoms with Gasteiger partial charge in [0, 0.05) is 27.2 Å². The normalized spacial score (nSPS) is 12.4. The zero-order chi connectivity index (χ0) is 15.9. The van der Waals surface area contributed by atoms with Crippen LogP contribution in [0.15, 0.2) is 23.2 Å². The molecule has 118 valence electrons. The molecule has 4 nitrogen and oxygen atoms in total. The van der Waals surface area contributed by atoms with Gasteiger partial charge in [-0.3, -0.25) is 4.99 Å². The monoisotopic (exact) mass is 299 g/mol. The Morgan fingerprint density at radius 1 is 1.29 bits per heavy atom. The number of nitrogens with zero attached hydrogens (tertiary/aromatic N) is 1. The van der Waals surface area contributed by atoms with Crippen LogP contribution in [0, 0.1) is 11.6 Å². The Bertz CT molecular complexity index is 490. The Hall–Kier alpha value is -1.69. The third kappa shape index (κ3) is 6.08. The zero-order valence-electron chi connectivity index (χ0n) is 13.0. The lowest BCUT2D eigenvalue weighted by Gasteiger charge is -2.24. The molecule has 6 heteroatoms. The number of methoxy groups -OCH3 is 1. The summed E-state index contributed by atoms with van der Waals surface area (Å²) in [5.74, 6) is -0.241. The van der Waals surface area contributed by atoms with Gasteiger partial charge in [-0.15, -0.1) is 0 Å². The highest BCUT2D eigenvalue weighted by atomic mass is 19.1. The van der Waals surface area contributed by atoms with Crippen LogP contribution < -0.4 is 10.6 Å². The molecular formula is C15H23F2N3O. The van der Waals surface area contributed by atoms with Gasteiger partial charge in [-0.1, -0.05) is 0 Å². The lowest BCUT2D eigenvalue weighted by Crippen LogP contribution is -2.45. The first-order chi connectivity index (χ1) is 9.88. The first-order valence-corrected chi connectivity index (χ1v) is 6.81. The first kappa shape index (κ1) is 17.4. The summed E-state index contributed by atoms with van der Waals surface area (Å²) in [6, 6.07) is 3.46. The van der Waals surface area contributed by atoms with E-state index in [1.165, 1.54) is 6.07 Å². The molecule has 0 aliphatic heterocycles. The molecule has 21 heavy (non-hydrogen) atoms. The van der Waals surface area contributed by atoms with Crippen LogP contribution in [-0.2, 0) is 11.2 Å². The van der Waals surface area contributed by atoms with Crippen LogP contribution >= 0.6 is 0 Å². The van der Waals surface area contributed by atoms with Crippen molar-refractivity contribution in [1.29, 1.82) is 0 Å². The molecule has 0 amide bonds. The second-order valence-corrected chi connectivity index (χ2v) is 5.30. The molecular weight excluding hydrogens is 276 g/mol. The minimum Gasteiger partial charge on any atom is -0.377 e. The second kappa shape index (κ2) is 7.93. The van der Waals surface area contributed by atoms with Crippen LogP contribution in [0.2, 0.25) is 0 Å². The number of ether oxygens (including phenoxy) is 1. The van der Waals surface area contributed by atoms with E-state index < -0.39 is 11.6 Å². The van der Waals surface area contributed by atoms with Gasteiger partial charge in [0.15, 0.2) is 5.96 Å². The molecule has 0 fully saturated rings. The number of hydrogen-bond donors (Lipinski definition) is 2. The van der Waals surface area contributed by atoms with Crippen LogP contribution in [0.5, 0.6) is 0 Å². The van der Waals surface area contributed by atoms with Gasteiger partial charge < -0.3 is 15.4 Å². The average Bonchev–Trinajstić information content (AvgIpc) is 2.46. The number of nitrogens with one attached hydrogen (secondary N) is 2. The molecule has 2 N–H and O–H groups in total. The lowest BCUT2D eigenvalue weighted by atomic mass is 10.1. The summed E-state index contributed by atoms with van der Waals surface area (Å²) >= 11 is 0. The molecule has 0 heterocycles. The Morgan fingerprint density at radius 2 is 2.00 bits per heavy atom. The van der Waals surface area contributed by atoms with E-state index in [2.05, 4.69) is 15.6 Å². The molecule has 0 saturated carbocycles. The average molecular weight is 299 g/mol. The topological polar surface area (TPSA) is 45.7 Å². The number of rotatable bonds is 6. The van der Waals surface area contributed by atoms with E-state index in [1.54, 1.807) is 14.2 Å². The predicted octanol–water partition coefficient (Wildman–Crippen LogP) is 2.10. The molecule has 0 aromatic heterocycles. The summed E-state index contributed by atoms with van der Waals surface area (Å²) in [5, 5.41) is 6.17. The van der Waals surface area contributed by atoms with E-state index in [-0.39, 0.29) is 5.60 Å². The van der Waals surface area contributed by atoms with Crippen molar-refractivity contribution in [2.75, 3.05) is 27.2 Å². The van der Waals surface area contributed by atoms with E-state index in [4.69, 9.17) is 4.74 Å². The van der Waals surface area contributed by atoms with Crippen LogP contribution in [0.4, 0.5) is 8.78 Å². The number of benzene rings is 1. The maximum Gasteiger partial charge on any atom is 0.191 e. The maximum absolute atomic E-state index is 13.5. The van der Waals surface area contributed by atoms with Gasteiger partial charge in [0.05, 0.1) is 5.60 Å². The molecule has 1 aromatic carbocycles. The number of aliphatic imine (C=N–C) groups is 1. The molecule has 1 rings (SSSR count). The van der Waals surface area contributed by atoms with Gasteiger partial charge in [0.25, 0.3) is 0 Å². The van der Waals surface area contributed by atoms with Gasteiger partial charge in [-0.05, 0) is 44.0 Å². The molecule has 0 spiro atoms. The molecule has 0 unspecified atom stereocenters.